The molecule has 1 unspecified atom stereocenters. The Hall–Kier alpha value is -1.87. The standard InChI is InChI=1S/C14H15NO2/c1-10-5-3-4-6-12(10)14(16)11-7-8-13(17-2)15-9-11/h3-9,14,16H,1-2H3. The highest BCUT2D eigenvalue weighted by molar-refractivity contribution is 5.34. The summed E-state index contributed by atoms with van der Waals surface area (Å²) in [7, 11) is 1.57. The first kappa shape index (κ1) is 11.6. The Bertz CT molecular complexity index is 494. The summed E-state index contributed by atoms with van der Waals surface area (Å²) in [6.07, 6.45) is 0.991. The fourth-order valence-electron chi connectivity index (χ4n) is 1.75. The first-order valence-corrected chi connectivity index (χ1v) is 5.46. The average molecular weight is 229 g/mol. The van der Waals surface area contributed by atoms with Crippen LogP contribution in [0.3, 0.4) is 0 Å². The lowest BCUT2D eigenvalue weighted by Crippen LogP contribution is -2.02. The van der Waals surface area contributed by atoms with Crippen molar-refractivity contribution in [1.29, 1.82) is 0 Å². The molecule has 0 saturated heterocycles. The summed E-state index contributed by atoms with van der Waals surface area (Å²) in [5.74, 6) is 0.547. The zero-order valence-electron chi connectivity index (χ0n) is 9.92. The molecule has 1 aromatic heterocycles. The zero-order valence-corrected chi connectivity index (χ0v) is 9.92. The Morgan fingerprint density at radius 3 is 2.53 bits per heavy atom. The van der Waals surface area contributed by atoms with Crippen molar-refractivity contribution in [1.82, 2.24) is 4.98 Å². The maximum atomic E-state index is 10.3. The molecule has 0 fully saturated rings. The molecular weight excluding hydrogens is 214 g/mol. The van der Waals surface area contributed by atoms with Gasteiger partial charge in [-0.3, -0.25) is 0 Å². The fraction of sp³-hybridized carbons (Fsp3) is 0.214. The molecule has 0 bridgehead atoms. The normalized spacial score (nSPS) is 12.2. The lowest BCUT2D eigenvalue weighted by atomic mass is 9.99. The molecule has 1 aromatic carbocycles. The molecule has 2 aromatic rings. The van der Waals surface area contributed by atoms with Crippen LogP contribution in [0.25, 0.3) is 0 Å². The fourth-order valence-corrected chi connectivity index (χ4v) is 1.75. The number of methoxy groups -OCH3 is 1. The second-order valence-corrected chi connectivity index (χ2v) is 3.89. The number of benzene rings is 1. The predicted octanol–water partition coefficient (Wildman–Crippen LogP) is 2.48. The number of aromatic nitrogens is 1. The molecule has 88 valence electrons. The number of hydrogen-bond acceptors (Lipinski definition) is 3. The third-order valence-corrected chi connectivity index (χ3v) is 2.77. The number of aryl methyl sites for hydroxylation is 1. The van der Waals surface area contributed by atoms with Gasteiger partial charge in [0.2, 0.25) is 5.88 Å². The van der Waals surface area contributed by atoms with Gasteiger partial charge in [-0.2, -0.15) is 0 Å². The minimum absolute atomic E-state index is 0.547. The molecule has 0 aliphatic heterocycles. The topological polar surface area (TPSA) is 42.4 Å². The molecule has 0 saturated carbocycles. The van der Waals surface area contributed by atoms with Crippen LogP contribution in [0.5, 0.6) is 5.88 Å². The highest BCUT2D eigenvalue weighted by atomic mass is 16.5. The summed E-state index contributed by atoms with van der Waals surface area (Å²) >= 11 is 0. The van der Waals surface area contributed by atoms with Crippen molar-refractivity contribution in [2.24, 2.45) is 0 Å². The first-order valence-electron chi connectivity index (χ1n) is 5.46. The number of ether oxygens (including phenoxy) is 1. The van der Waals surface area contributed by atoms with E-state index in [9.17, 15) is 5.11 Å². The van der Waals surface area contributed by atoms with E-state index in [4.69, 9.17) is 4.74 Å². The van der Waals surface area contributed by atoms with E-state index in [1.54, 1.807) is 19.4 Å². The zero-order chi connectivity index (χ0) is 12.3. The number of nitrogens with zero attached hydrogens (tertiary/aromatic N) is 1. The molecule has 0 aliphatic carbocycles. The van der Waals surface area contributed by atoms with E-state index in [1.807, 2.05) is 37.3 Å². The molecule has 0 radical (unpaired) electrons. The maximum Gasteiger partial charge on any atom is 0.212 e. The second kappa shape index (κ2) is 4.97. The largest absolute Gasteiger partial charge is 0.481 e. The molecule has 0 amide bonds. The van der Waals surface area contributed by atoms with Crippen molar-refractivity contribution in [3.05, 3.63) is 59.3 Å². The van der Waals surface area contributed by atoms with Gasteiger partial charge in [-0.25, -0.2) is 4.98 Å². The van der Waals surface area contributed by atoms with Crippen molar-refractivity contribution in [3.8, 4) is 5.88 Å². The van der Waals surface area contributed by atoms with Crippen LogP contribution in [-0.2, 0) is 0 Å². The van der Waals surface area contributed by atoms with Gasteiger partial charge in [0.1, 0.15) is 6.10 Å². The van der Waals surface area contributed by atoms with Gasteiger partial charge in [-0.1, -0.05) is 24.3 Å². The Morgan fingerprint density at radius 1 is 1.18 bits per heavy atom. The van der Waals surface area contributed by atoms with Gasteiger partial charge in [0.15, 0.2) is 0 Å². The summed E-state index contributed by atoms with van der Waals surface area (Å²) in [4.78, 5) is 4.09. The quantitative estimate of drug-likeness (QED) is 0.879. The van der Waals surface area contributed by atoms with E-state index >= 15 is 0 Å². The van der Waals surface area contributed by atoms with Crippen molar-refractivity contribution in [2.45, 2.75) is 13.0 Å². The van der Waals surface area contributed by atoms with Gasteiger partial charge in [0, 0.05) is 17.8 Å². The van der Waals surface area contributed by atoms with Crippen LogP contribution in [0.2, 0.25) is 0 Å². The lowest BCUT2D eigenvalue weighted by Gasteiger charge is -2.13. The molecule has 0 aliphatic rings. The molecule has 17 heavy (non-hydrogen) atoms. The summed E-state index contributed by atoms with van der Waals surface area (Å²) < 4.78 is 4.99. The van der Waals surface area contributed by atoms with E-state index in [2.05, 4.69) is 4.98 Å². The molecule has 1 atom stereocenters. The number of rotatable bonds is 3. The van der Waals surface area contributed by atoms with Crippen LogP contribution >= 0.6 is 0 Å². The number of aliphatic hydroxyl groups excluding tert-OH is 1. The van der Waals surface area contributed by atoms with Crippen molar-refractivity contribution in [3.63, 3.8) is 0 Å². The minimum Gasteiger partial charge on any atom is -0.481 e. The van der Waals surface area contributed by atoms with Gasteiger partial charge in [0.25, 0.3) is 0 Å². The molecular formula is C14H15NO2. The van der Waals surface area contributed by atoms with E-state index in [1.165, 1.54) is 0 Å². The first-order chi connectivity index (χ1) is 8.22. The molecule has 1 heterocycles. The number of hydrogen-bond donors (Lipinski definition) is 1. The minimum atomic E-state index is -0.644. The summed E-state index contributed by atoms with van der Waals surface area (Å²) in [5, 5.41) is 10.3. The monoisotopic (exact) mass is 229 g/mol. The Morgan fingerprint density at radius 2 is 1.94 bits per heavy atom. The summed E-state index contributed by atoms with van der Waals surface area (Å²) in [6.45, 7) is 1.98. The van der Waals surface area contributed by atoms with Crippen molar-refractivity contribution >= 4 is 0 Å². The van der Waals surface area contributed by atoms with Crippen LogP contribution in [0, 0.1) is 6.92 Å². The highest BCUT2D eigenvalue weighted by Crippen LogP contribution is 2.24. The molecule has 0 spiro atoms. The second-order valence-electron chi connectivity index (χ2n) is 3.89. The molecule has 3 heteroatoms. The number of aliphatic hydroxyl groups is 1. The van der Waals surface area contributed by atoms with Crippen LogP contribution in [-0.4, -0.2) is 17.2 Å². The Labute approximate surface area is 101 Å². The van der Waals surface area contributed by atoms with E-state index in [0.29, 0.717) is 5.88 Å². The van der Waals surface area contributed by atoms with Gasteiger partial charge >= 0.3 is 0 Å². The van der Waals surface area contributed by atoms with Gasteiger partial charge in [0.05, 0.1) is 7.11 Å². The summed E-state index contributed by atoms with van der Waals surface area (Å²) in [5.41, 5.74) is 2.73. The summed E-state index contributed by atoms with van der Waals surface area (Å²) in [6, 6.07) is 11.3. The molecule has 1 N–H and O–H groups in total. The Kier molecular flexibility index (Phi) is 3.40. The van der Waals surface area contributed by atoms with Gasteiger partial charge < -0.3 is 9.84 Å². The molecule has 2 rings (SSSR count). The Balaban J connectivity index is 2.30. The van der Waals surface area contributed by atoms with E-state index in [0.717, 1.165) is 16.7 Å². The highest BCUT2D eigenvalue weighted by Gasteiger charge is 2.12. The molecule has 3 nitrogen and oxygen atoms in total. The van der Waals surface area contributed by atoms with Crippen LogP contribution in [0.15, 0.2) is 42.6 Å². The predicted molar refractivity (Wildman–Crippen MR) is 66.0 cm³/mol. The third-order valence-electron chi connectivity index (χ3n) is 2.77. The van der Waals surface area contributed by atoms with E-state index < -0.39 is 6.10 Å². The lowest BCUT2D eigenvalue weighted by molar-refractivity contribution is 0.219. The van der Waals surface area contributed by atoms with Crippen molar-refractivity contribution in [2.75, 3.05) is 7.11 Å². The van der Waals surface area contributed by atoms with Crippen LogP contribution in [0.1, 0.15) is 22.8 Å². The number of pyridine rings is 1. The average Bonchev–Trinajstić information content (AvgIpc) is 2.39. The van der Waals surface area contributed by atoms with Crippen molar-refractivity contribution < 1.29 is 9.84 Å². The van der Waals surface area contributed by atoms with Gasteiger partial charge in [-0.15, -0.1) is 0 Å². The third kappa shape index (κ3) is 2.45. The smallest absolute Gasteiger partial charge is 0.212 e. The van der Waals surface area contributed by atoms with Gasteiger partial charge in [-0.05, 0) is 24.1 Å². The van der Waals surface area contributed by atoms with E-state index in [-0.39, 0.29) is 0 Å². The van der Waals surface area contributed by atoms with Crippen LogP contribution < -0.4 is 4.74 Å². The maximum absolute atomic E-state index is 10.3. The SMILES string of the molecule is COc1ccc(C(O)c2ccccc2C)cn1. The van der Waals surface area contributed by atoms with Crippen LogP contribution in [0.4, 0.5) is 0 Å².